The van der Waals surface area contributed by atoms with Crippen LogP contribution in [0.1, 0.15) is 11.3 Å². The average molecular weight is 438 g/mol. The molecular weight excluding hydrogens is 426 g/mol. The lowest BCUT2D eigenvalue weighted by Crippen LogP contribution is -2.47. The summed E-state index contributed by atoms with van der Waals surface area (Å²) in [6.07, 6.45) is 1.01. The number of halogens is 5. The summed E-state index contributed by atoms with van der Waals surface area (Å²) in [4.78, 5) is 3.95. The third-order valence-corrected chi connectivity index (χ3v) is 4.91. The molecule has 0 saturated heterocycles. The van der Waals surface area contributed by atoms with Crippen LogP contribution in [0.5, 0.6) is 0 Å². The van der Waals surface area contributed by atoms with Gasteiger partial charge < -0.3 is 5.11 Å². The number of tetrazole rings is 1. The Morgan fingerprint density at radius 1 is 1.00 bits per heavy atom. The Kier molecular flexibility index (Phi) is 4.91. The minimum Gasteiger partial charge on any atom is -0.377 e. The van der Waals surface area contributed by atoms with Crippen molar-refractivity contribution < 1.29 is 22.7 Å². The van der Waals surface area contributed by atoms with Gasteiger partial charge in [0.15, 0.2) is 17.2 Å². The molecule has 0 aliphatic heterocycles. The molecule has 154 valence electrons. The summed E-state index contributed by atoms with van der Waals surface area (Å²) < 4.78 is 59.4. The molecule has 0 aliphatic carbocycles. The zero-order valence-electron chi connectivity index (χ0n) is 15.0. The van der Waals surface area contributed by atoms with Crippen molar-refractivity contribution in [2.75, 3.05) is 0 Å². The Hall–Kier alpha value is -3.11. The van der Waals surface area contributed by atoms with E-state index in [0.717, 1.165) is 23.1 Å². The molecule has 4 aromatic rings. The van der Waals surface area contributed by atoms with Crippen LogP contribution in [-0.4, -0.2) is 30.3 Å². The molecule has 2 heterocycles. The summed E-state index contributed by atoms with van der Waals surface area (Å²) in [5.41, 5.74) is -4.19. The predicted octanol–water partition coefficient (Wildman–Crippen LogP) is 3.83. The molecule has 1 atom stereocenters. The maximum absolute atomic E-state index is 15.7. The van der Waals surface area contributed by atoms with E-state index in [1.165, 1.54) is 18.2 Å². The molecule has 2 aromatic carbocycles. The van der Waals surface area contributed by atoms with Crippen LogP contribution in [0.2, 0.25) is 5.02 Å². The second kappa shape index (κ2) is 7.29. The van der Waals surface area contributed by atoms with E-state index in [2.05, 4.69) is 20.5 Å². The number of nitrogens with zero attached hydrogens (tertiary/aromatic N) is 5. The number of hydrogen-bond acceptors (Lipinski definition) is 5. The van der Waals surface area contributed by atoms with Crippen LogP contribution in [0.15, 0.2) is 54.9 Å². The number of aromatic nitrogens is 5. The highest BCUT2D eigenvalue weighted by atomic mass is 35.5. The molecule has 11 heteroatoms. The summed E-state index contributed by atoms with van der Waals surface area (Å²) in [7, 11) is 0. The third-order valence-electron chi connectivity index (χ3n) is 4.67. The zero-order chi connectivity index (χ0) is 21.5. The van der Waals surface area contributed by atoms with Crippen molar-refractivity contribution >= 4 is 22.5 Å². The number of pyridine rings is 1. The van der Waals surface area contributed by atoms with Gasteiger partial charge in [-0.15, -0.1) is 5.10 Å². The summed E-state index contributed by atoms with van der Waals surface area (Å²) in [6.45, 7) is -0.849. The zero-order valence-corrected chi connectivity index (χ0v) is 15.7. The Morgan fingerprint density at radius 3 is 2.50 bits per heavy atom. The maximum Gasteiger partial charge on any atom is 0.323 e. The number of aliphatic hydroxyl groups is 1. The first-order chi connectivity index (χ1) is 14.2. The van der Waals surface area contributed by atoms with Gasteiger partial charge in [0.05, 0.1) is 12.1 Å². The highest BCUT2D eigenvalue weighted by Gasteiger charge is 2.57. The van der Waals surface area contributed by atoms with E-state index < -0.39 is 41.0 Å². The summed E-state index contributed by atoms with van der Waals surface area (Å²) in [5.74, 6) is -6.68. The monoisotopic (exact) mass is 437 g/mol. The van der Waals surface area contributed by atoms with Crippen molar-refractivity contribution in [3.05, 3.63) is 82.8 Å². The first kappa shape index (κ1) is 20.2. The lowest BCUT2D eigenvalue weighted by atomic mass is 9.84. The van der Waals surface area contributed by atoms with Gasteiger partial charge in [-0.1, -0.05) is 23.7 Å². The van der Waals surface area contributed by atoms with Crippen LogP contribution in [0.3, 0.4) is 0 Å². The quantitative estimate of drug-likeness (QED) is 0.480. The SMILES string of the molecule is OC(Cn1cnnn1)(c1ccc(F)c(F)c1)C(F)(F)c1ccc2cc(Cl)ccc2n1. The van der Waals surface area contributed by atoms with Gasteiger partial charge in [-0.05, 0) is 52.4 Å². The number of fused-ring (bicyclic) bond motifs is 1. The molecule has 1 N–H and O–H groups in total. The fraction of sp³-hybridized carbons (Fsp3) is 0.158. The highest BCUT2D eigenvalue weighted by Crippen LogP contribution is 2.46. The fourth-order valence-corrected chi connectivity index (χ4v) is 3.28. The van der Waals surface area contributed by atoms with Crippen molar-refractivity contribution in [2.45, 2.75) is 18.1 Å². The van der Waals surface area contributed by atoms with Crippen LogP contribution >= 0.6 is 11.6 Å². The topological polar surface area (TPSA) is 76.7 Å². The van der Waals surface area contributed by atoms with Gasteiger partial charge in [-0.25, -0.2) is 18.4 Å². The Labute approximate surface area is 171 Å². The second-order valence-corrected chi connectivity index (χ2v) is 7.04. The smallest absolute Gasteiger partial charge is 0.323 e. The molecule has 0 radical (unpaired) electrons. The van der Waals surface area contributed by atoms with Gasteiger partial charge >= 0.3 is 5.92 Å². The number of benzene rings is 2. The molecule has 0 bridgehead atoms. The van der Waals surface area contributed by atoms with Crippen molar-refractivity contribution in [1.82, 2.24) is 25.2 Å². The largest absolute Gasteiger partial charge is 0.377 e. The van der Waals surface area contributed by atoms with Gasteiger partial charge in [0, 0.05) is 10.4 Å². The molecule has 30 heavy (non-hydrogen) atoms. The normalized spacial score (nSPS) is 14.1. The Morgan fingerprint density at radius 2 is 1.80 bits per heavy atom. The molecule has 1 unspecified atom stereocenters. The van der Waals surface area contributed by atoms with Crippen molar-refractivity contribution in [3.8, 4) is 0 Å². The first-order valence-corrected chi connectivity index (χ1v) is 8.92. The molecule has 2 aromatic heterocycles. The molecule has 0 spiro atoms. The lowest BCUT2D eigenvalue weighted by Gasteiger charge is -2.35. The summed E-state index contributed by atoms with van der Waals surface area (Å²) in [6, 6.07) is 8.93. The van der Waals surface area contributed by atoms with Crippen molar-refractivity contribution in [1.29, 1.82) is 0 Å². The van der Waals surface area contributed by atoms with Crippen LogP contribution in [0.4, 0.5) is 17.6 Å². The second-order valence-electron chi connectivity index (χ2n) is 6.60. The summed E-state index contributed by atoms with van der Waals surface area (Å²) >= 11 is 5.90. The first-order valence-electron chi connectivity index (χ1n) is 8.54. The lowest BCUT2D eigenvalue weighted by molar-refractivity contribution is -0.206. The van der Waals surface area contributed by atoms with Gasteiger partial charge in [0.2, 0.25) is 0 Å². The number of alkyl halides is 2. The van der Waals surface area contributed by atoms with Crippen LogP contribution in [-0.2, 0) is 18.1 Å². The van der Waals surface area contributed by atoms with Crippen molar-refractivity contribution in [3.63, 3.8) is 0 Å². The standard InChI is InChI=1S/C19H12ClF4N5O/c20-13-3-5-16-11(7-13)1-6-17(26-16)19(23,24)18(30,9-29-10-25-27-28-29)12-2-4-14(21)15(22)8-12/h1-8,10,30H,9H2. The highest BCUT2D eigenvalue weighted by molar-refractivity contribution is 6.31. The Bertz CT molecular complexity index is 1220. The Balaban J connectivity index is 1.88. The van der Waals surface area contributed by atoms with Gasteiger partial charge in [-0.3, -0.25) is 0 Å². The molecule has 4 rings (SSSR count). The molecule has 0 amide bonds. The molecule has 6 nitrogen and oxygen atoms in total. The number of rotatable bonds is 5. The molecule has 0 aliphatic rings. The van der Waals surface area contributed by atoms with Gasteiger partial charge in [0.25, 0.3) is 0 Å². The fourth-order valence-electron chi connectivity index (χ4n) is 3.10. The van der Waals surface area contributed by atoms with Crippen LogP contribution in [0.25, 0.3) is 10.9 Å². The maximum atomic E-state index is 15.7. The van der Waals surface area contributed by atoms with Crippen LogP contribution < -0.4 is 0 Å². The van der Waals surface area contributed by atoms with Gasteiger partial charge in [0.1, 0.15) is 12.0 Å². The minimum atomic E-state index is -4.04. The predicted molar refractivity (Wildman–Crippen MR) is 98.7 cm³/mol. The van der Waals surface area contributed by atoms with E-state index in [1.807, 2.05) is 0 Å². The van der Waals surface area contributed by atoms with E-state index in [9.17, 15) is 13.9 Å². The number of hydrogen-bond donors (Lipinski definition) is 1. The average Bonchev–Trinajstić information content (AvgIpc) is 3.22. The van der Waals surface area contributed by atoms with E-state index >= 15 is 8.78 Å². The molecule has 0 fully saturated rings. The summed E-state index contributed by atoms with van der Waals surface area (Å²) in [5, 5.41) is 22.3. The van der Waals surface area contributed by atoms with E-state index in [4.69, 9.17) is 11.6 Å². The van der Waals surface area contributed by atoms with E-state index in [0.29, 0.717) is 22.5 Å². The van der Waals surface area contributed by atoms with E-state index in [1.54, 1.807) is 6.07 Å². The third kappa shape index (κ3) is 3.37. The van der Waals surface area contributed by atoms with Crippen molar-refractivity contribution in [2.24, 2.45) is 0 Å². The van der Waals surface area contributed by atoms with Crippen LogP contribution in [0, 0.1) is 11.6 Å². The molecular formula is C19H12ClF4N5O. The molecule has 0 saturated carbocycles. The van der Waals surface area contributed by atoms with E-state index in [-0.39, 0.29) is 5.52 Å². The van der Waals surface area contributed by atoms with Gasteiger partial charge in [-0.2, -0.15) is 8.78 Å². The minimum absolute atomic E-state index is 0.214.